The number of aromatic nitrogens is 2. The average Bonchev–Trinajstić information content (AvgIpc) is 2.63. The highest BCUT2D eigenvalue weighted by molar-refractivity contribution is 6.42. The molecule has 3 rings (SSSR count). The van der Waals surface area contributed by atoms with E-state index in [4.69, 9.17) is 23.2 Å². The number of hydrogen-bond acceptors (Lipinski definition) is 4. The number of aryl methyl sites for hydroxylation is 1. The Hall–Kier alpha value is -2.63. The molecule has 1 aromatic heterocycles. The third-order valence-electron chi connectivity index (χ3n) is 3.56. The Kier molecular flexibility index (Phi) is 5.71. The third-order valence-corrected chi connectivity index (χ3v) is 4.30. The minimum Gasteiger partial charge on any atom is -0.347 e. The van der Waals surface area contributed by atoms with Crippen LogP contribution in [0.2, 0.25) is 10.0 Å². The summed E-state index contributed by atoms with van der Waals surface area (Å²) in [5.74, 6) is 0.720. The van der Waals surface area contributed by atoms with Crippen molar-refractivity contribution < 1.29 is 4.79 Å². The van der Waals surface area contributed by atoms with Gasteiger partial charge in [-0.05, 0) is 30.7 Å². The molecule has 2 aromatic carbocycles. The lowest BCUT2D eigenvalue weighted by atomic mass is 10.2. The van der Waals surface area contributed by atoms with Crippen molar-refractivity contribution in [1.82, 2.24) is 15.3 Å². The summed E-state index contributed by atoms with van der Waals surface area (Å²) in [6.45, 7) is 2.16. The van der Waals surface area contributed by atoms with Crippen LogP contribution in [-0.2, 0) is 6.54 Å². The Morgan fingerprint density at radius 3 is 2.50 bits per heavy atom. The Morgan fingerprint density at radius 2 is 1.77 bits per heavy atom. The smallest absolute Gasteiger partial charge is 0.270 e. The molecule has 1 heterocycles. The highest BCUT2D eigenvalue weighted by Gasteiger charge is 2.11. The fraction of sp³-hybridized carbons (Fsp3) is 0.105. The van der Waals surface area contributed by atoms with Crippen molar-refractivity contribution in [3.8, 4) is 0 Å². The summed E-state index contributed by atoms with van der Waals surface area (Å²) in [5, 5.41) is 6.87. The number of hydrogen-bond donors (Lipinski definition) is 2. The predicted octanol–water partition coefficient (Wildman–Crippen LogP) is 4.77. The summed E-state index contributed by atoms with van der Waals surface area (Å²) in [6, 6.07) is 16.4. The SMILES string of the molecule is Cc1nc(Nc2ccc(Cl)c(Cl)c2)cc(C(=O)NCc2ccccc2)n1. The summed E-state index contributed by atoms with van der Waals surface area (Å²) >= 11 is 11.9. The van der Waals surface area contributed by atoms with Gasteiger partial charge in [-0.15, -0.1) is 0 Å². The molecule has 0 aliphatic rings. The van der Waals surface area contributed by atoms with E-state index in [0.29, 0.717) is 33.9 Å². The van der Waals surface area contributed by atoms with Gasteiger partial charge in [0.25, 0.3) is 5.91 Å². The van der Waals surface area contributed by atoms with Crippen LogP contribution in [0.25, 0.3) is 0 Å². The van der Waals surface area contributed by atoms with Gasteiger partial charge >= 0.3 is 0 Å². The molecule has 0 aliphatic carbocycles. The Balaban J connectivity index is 1.74. The number of halogens is 2. The van der Waals surface area contributed by atoms with Crippen molar-refractivity contribution in [2.45, 2.75) is 13.5 Å². The van der Waals surface area contributed by atoms with Gasteiger partial charge in [0, 0.05) is 18.3 Å². The van der Waals surface area contributed by atoms with E-state index in [0.717, 1.165) is 5.56 Å². The van der Waals surface area contributed by atoms with Gasteiger partial charge in [0.05, 0.1) is 10.0 Å². The van der Waals surface area contributed by atoms with Crippen LogP contribution >= 0.6 is 23.2 Å². The van der Waals surface area contributed by atoms with Crippen LogP contribution in [0.5, 0.6) is 0 Å². The minimum absolute atomic E-state index is 0.267. The Morgan fingerprint density at radius 1 is 1.00 bits per heavy atom. The van der Waals surface area contributed by atoms with E-state index in [-0.39, 0.29) is 11.6 Å². The summed E-state index contributed by atoms with van der Waals surface area (Å²) in [7, 11) is 0. The lowest BCUT2D eigenvalue weighted by Gasteiger charge is -2.10. The van der Waals surface area contributed by atoms with Gasteiger partial charge in [0.2, 0.25) is 0 Å². The molecule has 26 heavy (non-hydrogen) atoms. The second-order valence-electron chi connectivity index (χ2n) is 5.61. The van der Waals surface area contributed by atoms with Crippen LogP contribution in [0.4, 0.5) is 11.5 Å². The van der Waals surface area contributed by atoms with E-state index in [1.54, 1.807) is 31.2 Å². The highest BCUT2D eigenvalue weighted by atomic mass is 35.5. The maximum absolute atomic E-state index is 12.4. The van der Waals surface area contributed by atoms with E-state index in [2.05, 4.69) is 20.6 Å². The second kappa shape index (κ2) is 8.17. The van der Waals surface area contributed by atoms with Gasteiger partial charge in [-0.25, -0.2) is 9.97 Å². The molecule has 0 radical (unpaired) electrons. The van der Waals surface area contributed by atoms with Crippen LogP contribution in [0.3, 0.4) is 0 Å². The van der Waals surface area contributed by atoms with E-state index in [1.807, 2.05) is 30.3 Å². The van der Waals surface area contributed by atoms with Gasteiger partial charge in [0.15, 0.2) is 0 Å². The molecule has 5 nitrogen and oxygen atoms in total. The fourth-order valence-corrected chi connectivity index (χ4v) is 2.64. The number of carbonyl (C=O) groups excluding carboxylic acids is 1. The first-order valence-corrected chi connectivity index (χ1v) is 8.67. The summed E-state index contributed by atoms with van der Waals surface area (Å²) < 4.78 is 0. The van der Waals surface area contributed by atoms with Crippen LogP contribution in [0.1, 0.15) is 21.9 Å². The Labute approximate surface area is 161 Å². The lowest BCUT2D eigenvalue weighted by molar-refractivity contribution is 0.0945. The average molecular weight is 387 g/mol. The summed E-state index contributed by atoms with van der Waals surface area (Å²) in [4.78, 5) is 20.9. The summed E-state index contributed by atoms with van der Waals surface area (Å²) in [6.07, 6.45) is 0. The third kappa shape index (κ3) is 4.71. The molecule has 0 unspecified atom stereocenters. The topological polar surface area (TPSA) is 66.9 Å². The van der Waals surface area contributed by atoms with Gasteiger partial charge in [-0.2, -0.15) is 0 Å². The maximum atomic E-state index is 12.4. The van der Waals surface area contributed by atoms with Crippen LogP contribution < -0.4 is 10.6 Å². The van der Waals surface area contributed by atoms with Crippen LogP contribution in [0, 0.1) is 6.92 Å². The lowest BCUT2D eigenvalue weighted by Crippen LogP contribution is -2.24. The molecule has 3 aromatic rings. The molecule has 0 fully saturated rings. The van der Waals surface area contributed by atoms with Crippen molar-refractivity contribution in [3.63, 3.8) is 0 Å². The van der Waals surface area contributed by atoms with Gasteiger partial charge in [-0.1, -0.05) is 53.5 Å². The molecule has 0 atom stereocenters. The molecular formula is C19H16Cl2N4O. The number of anilines is 2. The second-order valence-corrected chi connectivity index (χ2v) is 6.42. The zero-order chi connectivity index (χ0) is 18.5. The van der Waals surface area contributed by atoms with Gasteiger partial charge in [-0.3, -0.25) is 4.79 Å². The number of nitrogens with zero attached hydrogens (tertiary/aromatic N) is 2. The number of nitrogens with one attached hydrogen (secondary N) is 2. The van der Waals surface area contributed by atoms with Crippen molar-refractivity contribution in [3.05, 3.63) is 81.7 Å². The molecule has 1 amide bonds. The molecule has 0 bridgehead atoms. The monoisotopic (exact) mass is 386 g/mol. The normalized spacial score (nSPS) is 10.4. The van der Waals surface area contributed by atoms with Gasteiger partial charge in [0.1, 0.15) is 17.3 Å². The standard InChI is InChI=1S/C19H16Cl2N4O/c1-12-23-17(19(26)22-11-13-5-3-2-4-6-13)10-18(24-12)25-14-7-8-15(20)16(21)9-14/h2-10H,11H2,1H3,(H,22,26)(H,23,24,25). The van der Waals surface area contributed by atoms with E-state index in [9.17, 15) is 4.79 Å². The number of carbonyl (C=O) groups is 1. The fourth-order valence-electron chi connectivity index (χ4n) is 2.34. The molecule has 0 aliphatic heterocycles. The first-order valence-electron chi connectivity index (χ1n) is 7.91. The quantitative estimate of drug-likeness (QED) is 0.662. The zero-order valence-corrected chi connectivity index (χ0v) is 15.5. The van der Waals surface area contributed by atoms with E-state index >= 15 is 0 Å². The van der Waals surface area contributed by atoms with Gasteiger partial charge < -0.3 is 10.6 Å². The highest BCUT2D eigenvalue weighted by Crippen LogP contribution is 2.26. The number of benzene rings is 2. The molecule has 0 saturated carbocycles. The number of rotatable bonds is 5. The summed E-state index contributed by atoms with van der Waals surface area (Å²) in [5.41, 5.74) is 2.02. The molecule has 0 saturated heterocycles. The molecular weight excluding hydrogens is 371 g/mol. The van der Waals surface area contributed by atoms with E-state index < -0.39 is 0 Å². The zero-order valence-electron chi connectivity index (χ0n) is 14.0. The number of amides is 1. The van der Waals surface area contributed by atoms with E-state index in [1.165, 1.54) is 0 Å². The van der Waals surface area contributed by atoms with Crippen molar-refractivity contribution >= 4 is 40.6 Å². The van der Waals surface area contributed by atoms with Crippen molar-refractivity contribution in [2.24, 2.45) is 0 Å². The minimum atomic E-state index is -0.267. The van der Waals surface area contributed by atoms with Crippen LogP contribution in [-0.4, -0.2) is 15.9 Å². The van der Waals surface area contributed by atoms with Crippen molar-refractivity contribution in [1.29, 1.82) is 0 Å². The molecule has 0 spiro atoms. The molecule has 7 heteroatoms. The first kappa shape index (κ1) is 18.2. The maximum Gasteiger partial charge on any atom is 0.270 e. The van der Waals surface area contributed by atoms with Crippen LogP contribution in [0.15, 0.2) is 54.6 Å². The predicted molar refractivity (Wildman–Crippen MR) is 104 cm³/mol. The Bertz CT molecular complexity index is 932. The van der Waals surface area contributed by atoms with Crippen molar-refractivity contribution in [2.75, 3.05) is 5.32 Å². The molecule has 2 N–H and O–H groups in total. The largest absolute Gasteiger partial charge is 0.347 e. The molecule has 132 valence electrons. The first-order chi connectivity index (χ1) is 12.5.